The predicted molar refractivity (Wildman–Crippen MR) is 37.8 cm³/mol. The van der Waals surface area contributed by atoms with Crippen molar-refractivity contribution in [3.63, 3.8) is 0 Å². The first-order valence-corrected chi connectivity index (χ1v) is 3.19. The number of rotatable bonds is 1. The van der Waals surface area contributed by atoms with Gasteiger partial charge in [0.1, 0.15) is 0 Å². The van der Waals surface area contributed by atoms with Gasteiger partial charge in [0.05, 0.1) is 12.1 Å². The molecule has 0 spiro atoms. The Bertz CT molecular complexity index is 202. The number of benzene rings is 1. The van der Waals surface area contributed by atoms with Crippen LogP contribution in [0, 0.1) is 0 Å². The summed E-state index contributed by atoms with van der Waals surface area (Å²) in [4.78, 5) is 0.551. The molecule has 1 aromatic rings. The average Bonchev–Trinajstić information content (AvgIpc) is 1.88. The summed E-state index contributed by atoms with van der Waals surface area (Å²) < 4.78 is 11.8. The molecule has 0 fully saturated rings. The Morgan fingerprint density at radius 2 is 2.22 bits per heavy atom. The summed E-state index contributed by atoms with van der Waals surface area (Å²) >= 11 is 0.203. The maximum atomic E-state index is 11.8. The second kappa shape index (κ2) is 2.73. The van der Waals surface area contributed by atoms with Gasteiger partial charge < -0.3 is 5.73 Å². The Balaban J connectivity index is 2.94. The molecule has 0 unspecified atom stereocenters. The number of nitrogens with two attached hydrogens (primary N) is 1. The van der Waals surface area contributed by atoms with Crippen molar-refractivity contribution in [3.8, 4) is 0 Å². The van der Waals surface area contributed by atoms with Crippen LogP contribution in [0.4, 0.5) is 9.57 Å². The van der Waals surface area contributed by atoms with Gasteiger partial charge in [-0.25, -0.2) is 0 Å². The summed E-state index contributed by atoms with van der Waals surface area (Å²) in [5.41, 5.74) is 5.95. The van der Waals surface area contributed by atoms with Crippen LogP contribution < -0.4 is 5.73 Å². The third-order valence-corrected chi connectivity index (χ3v) is 1.38. The first kappa shape index (κ1) is 6.42. The van der Waals surface area contributed by atoms with E-state index in [2.05, 4.69) is 0 Å². The van der Waals surface area contributed by atoms with Crippen molar-refractivity contribution in [2.75, 3.05) is 5.73 Å². The van der Waals surface area contributed by atoms with Crippen molar-refractivity contribution < 1.29 is 3.89 Å². The Hall–Kier alpha value is -0.700. The summed E-state index contributed by atoms with van der Waals surface area (Å²) in [5.74, 6) is 0. The summed E-state index contributed by atoms with van der Waals surface area (Å²) in [6.45, 7) is 0. The lowest BCUT2D eigenvalue weighted by atomic mass is 10.3. The molecule has 0 saturated carbocycles. The van der Waals surface area contributed by atoms with Gasteiger partial charge in [-0.15, -0.1) is 0 Å². The van der Waals surface area contributed by atoms with Gasteiger partial charge in [0.2, 0.25) is 0 Å². The molecular formula is C6H6FNS. The number of hydrogen-bond acceptors (Lipinski definition) is 2. The summed E-state index contributed by atoms with van der Waals surface area (Å²) in [6, 6.07) is 6.70. The van der Waals surface area contributed by atoms with Crippen molar-refractivity contribution in [3.05, 3.63) is 24.3 Å². The molecule has 0 aliphatic heterocycles. The molecule has 0 bridgehead atoms. The van der Waals surface area contributed by atoms with Crippen molar-refractivity contribution in [2.24, 2.45) is 0 Å². The topological polar surface area (TPSA) is 26.0 Å². The van der Waals surface area contributed by atoms with Crippen molar-refractivity contribution in [1.82, 2.24) is 0 Å². The lowest BCUT2D eigenvalue weighted by Gasteiger charge is -1.92. The monoisotopic (exact) mass is 143 g/mol. The predicted octanol–water partition coefficient (Wildman–Crippen LogP) is 2.25. The van der Waals surface area contributed by atoms with Gasteiger partial charge in [-0.3, -0.25) is 0 Å². The van der Waals surface area contributed by atoms with Crippen molar-refractivity contribution in [1.29, 1.82) is 0 Å². The fraction of sp³-hybridized carbons (Fsp3) is 0. The Labute approximate surface area is 57.4 Å². The number of anilines is 1. The highest BCUT2D eigenvalue weighted by Gasteiger charge is 1.90. The molecule has 0 amide bonds. The van der Waals surface area contributed by atoms with Crippen LogP contribution in [-0.4, -0.2) is 0 Å². The minimum Gasteiger partial charge on any atom is -0.399 e. The van der Waals surface area contributed by atoms with Crippen molar-refractivity contribution >= 4 is 17.8 Å². The van der Waals surface area contributed by atoms with Crippen LogP contribution in [0.3, 0.4) is 0 Å². The van der Waals surface area contributed by atoms with Gasteiger partial charge in [0.15, 0.2) is 0 Å². The van der Waals surface area contributed by atoms with Gasteiger partial charge in [0, 0.05) is 10.6 Å². The zero-order valence-corrected chi connectivity index (χ0v) is 5.49. The fourth-order valence-corrected chi connectivity index (χ4v) is 0.873. The van der Waals surface area contributed by atoms with E-state index >= 15 is 0 Å². The average molecular weight is 143 g/mol. The largest absolute Gasteiger partial charge is 0.399 e. The first-order chi connectivity index (χ1) is 4.33. The van der Waals surface area contributed by atoms with E-state index in [9.17, 15) is 3.89 Å². The number of nitrogen functional groups attached to an aromatic ring is 1. The van der Waals surface area contributed by atoms with Gasteiger partial charge in [-0.1, -0.05) is 6.07 Å². The van der Waals surface area contributed by atoms with Crippen LogP contribution in [0.5, 0.6) is 0 Å². The quantitative estimate of drug-likeness (QED) is 0.610. The molecule has 1 rings (SSSR count). The van der Waals surface area contributed by atoms with E-state index in [0.717, 1.165) is 0 Å². The van der Waals surface area contributed by atoms with Gasteiger partial charge in [0.25, 0.3) is 0 Å². The zero-order chi connectivity index (χ0) is 6.69. The minimum absolute atomic E-state index is 0.203. The molecular weight excluding hydrogens is 137 g/mol. The van der Waals surface area contributed by atoms with Crippen LogP contribution in [-0.2, 0) is 0 Å². The zero-order valence-electron chi connectivity index (χ0n) is 4.67. The Morgan fingerprint density at radius 1 is 1.44 bits per heavy atom. The molecule has 0 saturated heterocycles. The van der Waals surface area contributed by atoms with Crippen molar-refractivity contribution in [2.45, 2.75) is 4.90 Å². The molecule has 0 aliphatic carbocycles. The maximum absolute atomic E-state index is 11.8. The highest BCUT2D eigenvalue weighted by atomic mass is 32.2. The molecule has 0 heterocycles. The smallest absolute Gasteiger partial charge is 0.0812 e. The lowest BCUT2D eigenvalue weighted by Crippen LogP contribution is -1.81. The molecule has 9 heavy (non-hydrogen) atoms. The molecule has 0 atom stereocenters. The summed E-state index contributed by atoms with van der Waals surface area (Å²) in [6.07, 6.45) is 0. The third-order valence-electron chi connectivity index (χ3n) is 0.947. The van der Waals surface area contributed by atoms with Crippen LogP contribution >= 0.6 is 12.1 Å². The van der Waals surface area contributed by atoms with Crippen LogP contribution in [0.1, 0.15) is 0 Å². The molecule has 1 nitrogen and oxygen atoms in total. The number of hydrogen-bond donors (Lipinski definition) is 1. The molecule has 0 aromatic heterocycles. The van der Waals surface area contributed by atoms with E-state index in [-0.39, 0.29) is 12.1 Å². The van der Waals surface area contributed by atoms with E-state index in [1.807, 2.05) is 0 Å². The highest BCUT2D eigenvalue weighted by molar-refractivity contribution is 7.94. The van der Waals surface area contributed by atoms with Crippen LogP contribution in [0.25, 0.3) is 0 Å². The van der Waals surface area contributed by atoms with E-state index < -0.39 is 0 Å². The van der Waals surface area contributed by atoms with E-state index in [1.54, 1.807) is 24.3 Å². The molecule has 2 N–H and O–H groups in total. The van der Waals surface area contributed by atoms with Crippen LogP contribution in [0.2, 0.25) is 0 Å². The highest BCUT2D eigenvalue weighted by Crippen LogP contribution is 2.19. The Kier molecular flexibility index (Phi) is 1.95. The lowest BCUT2D eigenvalue weighted by molar-refractivity contribution is 0.934. The molecule has 0 aliphatic rings. The summed E-state index contributed by atoms with van der Waals surface area (Å²) in [7, 11) is 0. The third kappa shape index (κ3) is 1.61. The van der Waals surface area contributed by atoms with Gasteiger partial charge >= 0.3 is 0 Å². The first-order valence-electron chi connectivity index (χ1n) is 2.47. The van der Waals surface area contributed by atoms with Gasteiger partial charge in [-0.2, -0.15) is 3.89 Å². The molecule has 48 valence electrons. The second-order valence-corrected chi connectivity index (χ2v) is 2.28. The second-order valence-electron chi connectivity index (χ2n) is 1.65. The standard InChI is InChI=1S/C6H6FNS/c7-9-6-3-1-2-5(8)4-6/h1-4H,8H2. The summed E-state index contributed by atoms with van der Waals surface area (Å²) in [5, 5.41) is 0. The van der Waals surface area contributed by atoms with E-state index in [0.29, 0.717) is 10.6 Å². The van der Waals surface area contributed by atoms with Crippen LogP contribution in [0.15, 0.2) is 29.2 Å². The fourth-order valence-electron chi connectivity index (χ4n) is 0.563. The minimum atomic E-state index is 0.203. The maximum Gasteiger partial charge on any atom is 0.0812 e. The molecule has 3 heteroatoms. The SMILES string of the molecule is Nc1cccc(SF)c1. The van der Waals surface area contributed by atoms with E-state index in [1.165, 1.54) is 0 Å². The van der Waals surface area contributed by atoms with E-state index in [4.69, 9.17) is 5.73 Å². The Morgan fingerprint density at radius 3 is 2.67 bits per heavy atom. The molecule has 1 aromatic carbocycles. The molecule has 0 radical (unpaired) electrons. The number of halogens is 1. The normalized spacial score (nSPS) is 9.44. The van der Waals surface area contributed by atoms with Gasteiger partial charge in [-0.05, 0) is 18.2 Å².